The van der Waals surface area contributed by atoms with Gasteiger partial charge in [-0.1, -0.05) is 12.1 Å². The van der Waals surface area contributed by atoms with Crippen LogP contribution in [0.15, 0.2) is 36.5 Å². The Balaban J connectivity index is 1.62. The van der Waals surface area contributed by atoms with E-state index in [1.165, 1.54) is 6.07 Å². The molecule has 0 bridgehead atoms. The van der Waals surface area contributed by atoms with Crippen LogP contribution in [-0.4, -0.2) is 56.6 Å². The molecule has 11 heteroatoms. The van der Waals surface area contributed by atoms with E-state index in [-0.39, 0.29) is 18.1 Å². The zero-order valence-electron chi connectivity index (χ0n) is 23.3. The van der Waals surface area contributed by atoms with Crippen LogP contribution in [0.2, 0.25) is 0 Å². The number of aromatic nitrogens is 3. The molecule has 10 nitrogen and oxygen atoms in total. The Kier molecular flexibility index (Phi) is 8.51. The highest BCUT2D eigenvalue weighted by Crippen LogP contribution is 2.33. The normalized spacial score (nSPS) is 15.4. The number of likely N-dealkylation sites (tertiary alicyclic amines) is 1. The largest absolute Gasteiger partial charge is 0.461 e. The van der Waals surface area contributed by atoms with E-state index in [0.29, 0.717) is 41.2 Å². The minimum Gasteiger partial charge on any atom is -0.461 e. The topological polar surface area (TPSA) is 127 Å². The fourth-order valence-electron chi connectivity index (χ4n) is 4.44. The molecule has 0 saturated carbocycles. The quantitative estimate of drug-likeness (QED) is 0.370. The summed E-state index contributed by atoms with van der Waals surface area (Å²) in [6.45, 7) is 9.43. The smallest absolute Gasteiger partial charge is 0.410 e. The number of aromatic amines is 1. The fourth-order valence-corrected chi connectivity index (χ4v) is 4.44. The molecule has 1 unspecified atom stereocenters. The Morgan fingerprint density at radius 3 is 2.55 bits per heavy atom. The van der Waals surface area contributed by atoms with Gasteiger partial charge in [0.25, 0.3) is 5.91 Å². The number of pyridine rings is 1. The second kappa shape index (κ2) is 11.8. The van der Waals surface area contributed by atoms with Gasteiger partial charge in [-0.2, -0.15) is 0 Å². The molecule has 2 aromatic heterocycles. The number of amides is 2. The summed E-state index contributed by atoms with van der Waals surface area (Å²) in [5.41, 5.74) is 1.15. The first kappa shape index (κ1) is 28.7. The molecule has 1 saturated heterocycles. The van der Waals surface area contributed by atoms with Crippen molar-refractivity contribution in [2.24, 2.45) is 0 Å². The molecule has 1 aliphatic heterocycles. The van der Waals surface area contributed by atoms with Gasteiger partial charge in [0.1, 0.15) is 28.8 Å². The van der Waals surface area contributed by atoms with Crippen molar-refractivity contribution in [2.75, 3.05) is 18.5 Å². The van der Waals surface area contributed by atoms with Gasteiger partial charge < -0.3 is 19.8 Å². The predicted molar refractivity (Wildman–Crippen MR) is 146 cm³/mol. The van der Waals surface area contributed by atoms with Crippen molar-refractivity contribution in [1.29, 1.82) is 0 Å². The number of halogens is 1. The van der Waals surface area contributed by atoms with E-state index in [9.17, 15) is 18.8 Å². The van der Waals surface area contributed by atoms with Crippen LogP contribution >= 0.6 is 0 Å². The average Bonchev–Trinajstić information content (AvgIpc) is 3.36. The van der Waals surface area contributed by atoms with Gasteiger partial charge in [-0.05, 0) is 77.6 Å². The number of benzene rings is 1. The Bertz CT molecular complexity index is 1400. The summed E-state index contributed by atoms with van der Waals surface area (Å²) in [7, 11) is 0. The van der Waals surface area contributed by atoms with Crippen LogP contribution in [0.5, 0.6) is 0 Å². The molecule has 3 heterocycles. The molecule has 0 aliphatic carbocycles. The lowest BCUT2D eigenvalue weighted by atomic mass is 10.0. The van der Waals surface area contributed by atoms with Crippen molar-refractivity contribution >= 4 is 23.8 Å². The summed E-state index contributed by atoms with van der Waals surface area (Å²) in [4.78, 5) is 52.0. The minimum absolute atomic E-state index is 0.162. The number of carbonyl (C=O) groups excluding carboxylic acids is 3. The van der Waals surface area contributed by atoms with Gasteiger partial charge in [0.15, 0.2) is 5.69 Å². The third kappa shape index (κ3) is 6.64. The molecule has 2 amide bonds. The van der Waals surface area contributed by atoms with E-state index in [0.717, 1.165) is 19.0 Å². The second-order valence-electron chi connectivity index (χ2n) is 10.6. The van der Waals surface area contributed by atoms with Crippen molar-refractivity contribution < 1.29 is 28.2 Å². The van der Waals surface area contributed by atoms with E-state index in [1.807, 2.05) is 20.8 Å². The molecule has 4 rings (SSSR count). The first-order valence-electron chi connectivity index (χ1n) is 13.3. The Hall–Kier alpha value is -4.28. The van der Waals surface area contributed by atoms with Crippen molar-refractivity contribution in [2.45, 2.75) is 65.5 Å². The SMILES string of the molecule is CCOC(=O)c1[nH]c(C2CCCCN2C(=O)OC(C)(C)C)nc1-c1ccc(C(=O)Nc2cc(C)c(F)cn2)cc1. The van der Waals surface area contributed by atoms with Gasteiger partial charge in [-0.15, -0.1) is 0 Å². The van der Waals surface area contributed by atoms with Gasteiger partial charge in [0.2, 0.25) is 0 Å². The summed E-state index contributed by atoms with van der Waals surface area (Å²) >= 11 is 0. The summed E-state index contributed by atoms with van der Waals surface area (Å²) < 4.78 is 24.4. The number of rotatable bonds is 6. The van der Waals surface area contributed by atoms with Gasteiger partial charge in [0.05, 0.1) is 18.8 Å². The number of H-pyrrole nitrogens is 1. The molecule has 0 spiro atoms. The van der Waals surface area contributed by atoms with E-state index in [2.05, 4.69) is 15.3 Å². The molecule has 1 fully saturated rings. The lowest BCUT2D eigenvalue weighted by Gasteiger charge is -2.35. The highest BCUT2D eigenvalue weighted by atomic mass is 19.1. The predicted octanol–water partition coefficient (Wildman–Crippen LogP) is 5.81. The summed E-state index contributed by atoms with van der Waals surface area (Å²) in [5, 5.41) is 2.65. The number of hydrogen-bond acceptors (Lipinski definition) is 7. The van der Waals surface area contributed by atoms with Crippen LogP contribution in [0.1, 0.15) is 85.2 Å². The number of ether oxygens (including phenoxy) is 2. The molecule has 3 aromatic rings. The van der Waals surface area contributed by atoms with Gasteiger partial charge >= 0.3 is 12.1 Å². The zero-order valence-corrected chi connectivity index (χ0v) is 23.3. The molecule has 1 aliphatic rings. The molecule has 0 radical (unpaired) electrons. The lowest BCUT2D eigenvalue weighted by molar-refractivity contribution is 0.00853. The Morgan fingerprint density at radius 2 is 1.90 bits per heavy atom. The molecule has 2 N–H and O–H groups in total. The van der Waals surface area contributed by atoms with Crippen molar-refractivity contribution in [3.63, 3.8) is 0 Å². The molecule has 40 heavy (non-hydrogen) atoms. The molecule has 212 valence electrons. The first-order chi connectivity index (χ1) is 19.0. The number of nitrogens with one attached hydrogen (secondary N) is 2. The minimum atomic E-state index is -0.650. The maximum absolute atomic E-state index is 13.5. The second-order valence-corrected chi connectivity index (χ2v) is 10.6. The van der Waals surface area contributed by atoms with Gasteiger partial charge in [0, 0.05) is 17.7 Å². The fraction of sp³-hybridized carbons (Fsp3) is 0.414. The Labute approximate surface area is 232 Å². The van der Waals surface area contributed by atoms with E-state index >= 15 is 0 Å². The summed E-state index contributed by atoms with van der Waals surface area (Å²) in [6, 6.07) is 7.59. The number of hydrogen-bond donors (Lipinski definition) is 2. The monoisotopic (exact) mass is 551 g/mol. The number of carbonyl (C=O) groups is 3. The number of imidazole rings is 1. The highest BCUT2D eigenvalue weighted by Gasteiger charge is 2.34. The molecular weight excluding hydrogens is 517 g/mol. The molecule has 1 atom stereocenters. The van der Waals surface area contributed by atoms with Gasteiger partial charge in [-0.25, -0.2) is 23.9 Å². The summed E-state index contributed by atoms with van der Waals surface area (Å²) in [6.07, 6.45) is 3.00. The summed E-state index contributed by atoms with van der Waals surface area (Å²) in [5.74, 6) is -0.760. The van der Waals surface area contributed by atoms with Crippen LogP contribution < -0.4 is 5.32 Å². The zero-order chi connectivity index (χ0) is 29.0. The van der Waals surface area contributed by atoms with Crippen LogP contribution in [0.3, 0.4) is 0 Å². The van der Waals surface area contributed by atoms with E-state index in [1.54, 1.807) is 43.0 Å². The Morgan fingerprint density at radius 1 is 1.18 bits per heavy atom. The van der Waals surface area contributed by atoms with Gasteiger partial charge in [-0.3, -0.25) is 9.69 Å². The number of nitrogens with zero attached hydrogens (tertiary/aromatic N) is 3. The maximum Gasteiger partial charge on any atom is 0.410 e. The average molecular weight is 552 g/mol. The van der Waals surface area contributed by atoms with Crippen LogP contribution in [0, 0.1) is 12.7 Å². The van der Waals surface area contributed by atoms with E-state index in [4.69, 9.17) is 14.5 Å². The van der Waals surface area contributed by atoms with E-state index < -0.39 is 35.4 Å². The molecule has 1 aromatic carbocycles. The number of anilines is 1. The number of esters is 1. The standard InChI is InChI=1S/C29H34FN5O5/c1-6-39-27(37)24-23(33-25(34-24)21-9-7-8-14-35(21)28(38)40-29(3,4)5)18-10-12-19(13-11-18)26(36)32-22-15-17(2)20(30)16-31-22/h10-13,15-16,21H,6-9,14H2,1-5H3,(H,33,34)(H,31,32,36). The van der Waals surface area contributed by atoms with Crippen LogP contribution in [0.4, 0.5) is 15.0 Å². The third-order valence-corrected chi connectivity index (χ3v) is 6.36. The van der Waals surface area contributed by atoms with Crippen LogP contribution in [-0.2, 0) is 9.47 Å². The van der Waals surface area contributed by atoms with Crippen molar-refractivity contribution in [3.8, 4) is 11.3 Å². The van der Waals surface area contributed by atoms with Crippen LogP contribution in [0.25, 0.3) is 11.3 Å². The number of piperidine rings is 1. The highest BCUT2D eigenvalue weighted by molar-refractivity contribution is 6.04. The lowest BCUT2D eigenvalue weighted by Crippen LogP contribution is -2.42. The maximum atomic E-state index is 13.5. The van der Waals surface area contributed by atoms with Crippen molar-refractivity contribution in [3.05, 3.63) is 65.0 Å². The molecular formula is C29H34FN5O5. The first-order valence-corrected chi connectivity index (χ1v) is 13.3. The third-order valence-electron chi connectivity index (χ3n) is 6.36. The van der Waals surface area contributed by atoms with Crippen molar-refractivity contribution in [1.82, 2.24) is 19.9 Å². The number of aryl methyl sites for hydroxylation is 1.